The molecule has 128 valence electrons. The second-order valence-electron chi connectivity index (χ2n) is 7.56. The highest BCUT2D eigenvalue weighted by Crippen LogP contribution is 2.41. The van der Waals surface area contributed by atoms with Gasteiger partial charge in [-0.3, -0.25) is 9.69 Å². The molecule has 1 aromatic carbocycles. The fraction of sp³-hybridized carbons (Fsp3) is 0.550. The summed E-state index contributed by atoms with van der Waals surface area (Å²) in [5.41, 5.74) is 3.38. The van der Waals surface area contributed by atoms with Crippen LogP contribution >= 0.6 is 0 Å². The van der Waals surface area contributed by atoms with Crippen molar-refractivity contribution in [2.24, 2.45) is 5.92 Å². The lowest BCUT2D eigenvalue weighted by atomic mass is 9.85. The van der Waals surface area contributed by atoms with Gasteiger partial charge in [-0.15, -0.1) is 0 Å². The molecule has 2 aromatic rings. The Hall–Kier alpha value is -1.81. The lowest BCUT2D eigenvalue weighted by Gasteiger charge is -2.32. The van der Waals surface area contributed by atoms with E-state index in [1.165, 1.54) is 30.4 Å². The first kappa shape index (κ1) is 15.7. The summed E-state index contributed by atoms with van der Waals surface area (Å²) in [5.74, 6) is 0.730. The van der Waals surface area contributed by atoms with Gasteiger partial charge in [-0.2, -0.15) is 0 Å². The van der Waals surface area contributed by atoms with Gasteiger partial charge in [0.1, 0.15) is 17.4 Å². The van der Waals surface area contributed by atoms with Gasteiger partial charge in [-0.05, 0) is 68.4 Å². The number of aliphatic carboxylic acids is 1. The number of furan rings is 1. The largest absolute Gasteiger partial charge is 0.480 e. The van der Waals surface area contributed by atoms with Gasteiger partial charge < -0.3 is 9.52 Å². The van der Waals surface area contributed by atoms with Crippen molar-refractivity contribution in [3.05, 3.63) is 35.1 Å². The zero-order chi connectivity index (χ0) is 16.8. The molecule has 3 atom stereocenters. The quantitative estimate of drug-likeness (QED) is 0.915. The summed E-state index contributed by atoms with van der Waals surface area (Å²) in [6.07, 6.45) is 5.53. The van der Waals surface area contributed by atoms with Gasteiger partial charge in [0.05, 0.1) is 6.54 Å². The molecular formula is C20H25NO3. The average molecular weight is 327 g/mol. The van der Waals surface area contributed by atoms with E-state index in [9.17, 15) is 9.90 Å². The maximum Gasteiger partial charge on any atom is 0.320 e. The Balaban J connectivity index is 1.63. The summed E-state index contributed by atoms with van der Waals surface area (Å²) < 4.78 is 6.04. The molecular weight excluding hydrogens is 302 g/mol. The maximum atomic E-state index is 11.7. The van der Waals surface area contributed by atoms with Crippen LogP contribution in [0.1, 0.15) is 49.0 Å². The van der Waals surface area contributed by atoms with Crippen LogP contribution in [0.2, 0.25) is 0 Å². The van der Waals surface area contributed by atoms with Gasteiger partial charge in [-0.1, -0.05) is 12.8 Å². The first-order valence-corrected chi connectivity index (χ1v) is 9.01. The molecule has 2 fully saturated rings. The van der Waals surface area contributed by atoms with Crippen LogP contribution in [0.5, 0.6) is 0 Å². The highest BCUT2D eigenvalue weighted by molar-refractivity contribution is 5.80. The van der Waals surface area contributed by atoms with Crippen molar-refractivity contribution in [3.63, 3.8) is 0 Å². The number of carbonyl (C=O) groups is 1. The Morgan fingerprint density at radius 3 is 2.75 bits per heavy atom. The second kappa shape index (κ2) is 5.92. The topological polar surface area (TPSA) is 53.7 Å². The van der Waals surface area contributed by atoms with E-state index in [1.807, 2.05) is 0 Å². The fourth-order valence-electron chi connectivity index (χ4n) is 4.64. The molecule has 1 aromatic heterocycles. The molecule has 4 rings (SSSR count). The molecule has 0 bridgehead atoms. The number of benzene rings is 1. The molecule has 0 radical (unpaired) electrons. The molecule has 3 unspecified atom stereocenters. The van der Waals surface area contributed by atoms with Crippen molar-refractivity contribution < 1.29 is 14.3 Å². The lowest BCUT2D eigenvalue weighted by molar-refractivity contribution is -0.143. The highest BCUT2D eigenvalue weighted by atomic mass is 16.4. The van der Waals surface area contributed by atoms with Gasteiger partial charge in [0.2, 0.25) is 0 Å². The number of hydrogen-bond acceptors (Lipinski definition) is 3. The molecule has 1 saturated heterocycles. The number of carboxylic acids is 1. The van der Waals surface area contributed by atoms with Crippen LogP contribution in [0.3, 0.4) is 0 Å². The predicted octanol–water partition coefficient (Wildman–Crippen LogP) is 4.27. The Bertz CT molecular complexity index is 740. The smallest absolute Gasteiger partial charge is 0.320 e. The van der Waals surface area contributed by atoms with Crippen LogP contribution < -0.4 is 0 Å². The molecule has 2 aliphatic rings. The van der Waals surface area contributed by atoms with Crippen LogP contribution in [0.4, 0.5) is 0 Å². The van der Waals surface area contributed by atoms with Crippen LogP contribution in [0.15, 0.2) is 22.6 Å². The van der Waals surface area contributed by atoms with E-state index in [0.29, 0.717) is 18.5 Å². The van der Waals surface area contributed by atoms with Crippen LogP contribution in [0.25, 0.3) is 11.0 Å². The standard InChI is InChI=1S/C20H25NO3/c1-12-7-15-9-16(24-19(15)8-13(12)2)11-21-17-6-4-3-5-14(17)10-18(21)20(22)23/h7-9,14,17-18H,3-6,10-11H2,1-2H3,(H,22,23). The first-order chi connectivity index (χ1) is 11.5. The van der Waals surface area contributed by atoms with Gasteiger partial charge in [0.15, 0.2) is 0 Å². The zero-order valence-electron chi connectivity index (χ0n) is 14.4. The summed E-state index contributed by atoms with van der Waals surface area (Å²) in [6, 6.07) is 6.35. The molecule has 0 amide bonds. The van der Waals surface area contributed by atoms with Crippen LogP contribution in [0, 0.1) is 19.8 Å². The van der Waals surface area contributed by atoms with Gasteiger partial charge >= 0.3 is 5.97 Å². The van der Waals surface area contributed by atoms with Crippen molar-refractivity contribution in [1.82, 2.24) is 4.90 Å². The van der Waals surface area contributed by atoms with E-state index in [-0.39, 0.29) is 6.04 Å². The van der Waals surface area contributed by atoms with Crippen LogP contribution in [-0.2, 0) is 11.3 Å². The van der Waals surface area contributed by atoms with Gasteiger partial charge in [0.25, 0.3) is 0 Å². The normalized spacial score (nSPS) is 27.5. The summed E-state index contributed by atoms with van der Waals surface area (Å²) in [4.78, 5) is 13.9. The summed E-state index contributed by atoms with van der Waals surface area (Å²) in [5, 5.41) is 10.8. The number of fused-ring (bicyclic) bond motifs is 2. The zero-order valence-corrected chi connectivity index (χ0v) is 14.4. The molecule has 1 saturated carbocycles. The van der Waals surface area contributed by atoms with Crippen LogP contribution in [-0.4, -0.2) is 28.1 Å². The average Bonchev–Trinajstić information content (AvgIpc) is 3.10. The van der Waals surface area contributed by atoms with Crippen molar-refractivity contribution in [2.45, 2.75) is 64.6 Å². The number of aryl methyl sites for hydroxylation is 2. The van der Waals surface area contributed by atoms with E-state index in [4.69, 9.17) is 4.42 Å². The number of likely N-dealkylation sites (tertiary alicyclic amines) is 1. The number of rotatable bonds is 3. The Labute approximate surface area is 142 Å². The third-order valence-electron chi connectivity index (χ3n) is 6.03. The second-order valence-corrected chi connectivity index (χ2v) is 7.56. The minimum absolute atomic E-state index is 0.366. The van der Waals surface area contributed by atoms with E-state index >= 15 is 0 Å². The third kappa shape index (κ3) is 2.63. The highest BCUT2D eigenvalue weighted by Gasteiger charge is 2.45. The minimum Gasteiger partial charge on any atom is -0.480 e. The Morgan fingerprint density at radius 1 is 1.21 bits per heavy atom. The monoisotopic (exact) mass is 327 g/mol. The third-order valence-corrected chi connectivity index (χ3v) is 6.03. The summed E-state index contributed by atoms with van der Waals surface area (Å²) >= 11 is 0. The van der Waals surface area contributed by atoms with Crippen molar-refractivity contribution >= 4 is 16.9 Å². The van der Waals surface area contributed by atoms with Crippen molar-refractivity contribution in [2.75, 3.05) is 0 Å². The van der Waals surface area contributed by atoms with Crippen molar-refractivity contribution in [3.8, 4) is 0 Å². The summed E-state index contributed by atoms with van der Waals surface area (Å²) in [7, 11) is 0. The molecule has 1 aliphatic carbocycles. The molecule has 2 heterocycles. The van der Waals surface area contributed by atoms with Gasteiger partial charge in [0, 0.05) is 11.4 Å². The Morgan fingerprint density at radius 2 is 1.96 bits per heavy atom. The van der Waals surface area contributed by atoms with E-state index in [2.05, 4.69) is 36.9 Å². The molecule has 1 aliphatic heterocycles. The molecule has 1 N–H and O–H groups in total. The number of nitrogens with zero attached hydrogens (tertiary/aromatic N) is 1. The molecule has 24 heavy (non-hydrogen) atoms. The molecule has 4 nitrogen and oxygen atoms in total. The fourth-order valence-corrected chi connectivity index (χ4v) is 4.64. The number of hydrogen-bond donors (Lipinski definition) is 1. The molecule has 0 spiro atoms. The Kier molecular flexibility index (Phi) is 3.87. The molecule has 4 heteroatoms. The van der Waals surface area contributed by atoms with Gasteiger partial charge in [-0.25, -0.2) is 0 Å². The minimum atomic E-state index is -0.688. The summed E-state index contributed by atoms with van der Waals surface area (Å²) in [6.45, 7) is 4.80. The first-order valence-electron chi connectivity index (χ1n) is 9.01. The lowest BCUT2D eigenvalue weighted by Crippen LogP contribution is -2.41. The van der Waals surface area contributed by atoms with E-state index in [1.54, 1.807) is 0 Å². The predicted molar refractivity (Wildman–Crippen MR) is 93.0 cm³/mol. The van der Waals surface area contributed by atoms with Crippen molar-refractivity contribution in [1.29, 1.82) is 0 Å². The SMILES string of the molecule is Cc1cc2cc(CN3C(C(=O)O)CC4CCCCC43)oc2cc1C. The maximum absolute atomic E-state index is 11.7. The van der Waals surface area contributed by atoms with E-state index in [0.717, 1.165) is 29.6 Å². The van der Waals surface area contributed by atoms with E-state index < -0.39 is 5.97 Å². The number of carboxylic acid groups (broad SMARTS) is 1.